The van der Waals surface area contributed by atoms with Crippen molar-refractivity contribution in [2.24, 2.45) is 7.05 Å². The van der Waals surface area contributed by atoms with Crippen molar-refractivity contribution in [2.75, 3.05) is 17.6 Å². The molecule has 0 fully saturated rings. The van der Waals surface area contributed by atoms with E-state index in [1.165, 1.54) is 7.11 Å². The molecule has 0 bridgehead atoms. The fourth-order valence-corrected chi connectivity index (χ4v) is 4.67. The predicted octanol–water partition coefficient (Wildman–Crippen LogP) is 4.11. The fraction of sp³-hybridized carbons (Fsp3) is 0.250. The molecule has 7 nitrogen and oxygen atoms in total. The van der Waals surface area contributed by atoms with E-state index in [9.17, 15) is 18.0 Å². The molecule has 0 saturated heterocycles. The van der Waals surface area contributed by atoms with Gasteiger partial charge in [0.1, 0.15) is 0 Å². The predicted molar refractivity (Wildman–Crippen MR) is 128 cm³/mol. The van der Waals surface area contributed by atoms with Gasteiger partial charge >= 0.3 is 5.97 Å². The third-order valence-corrected chi connectivity index (χ3v) is 6.80. The van der Waals surface area contributed by atoms with Crippen LogP contribution in [0.1, 0.15) is 39.3 Å². The SMILES string of the molecule is COC(=O)CCS(=O)(=O)Nc1ccc(Cc2cc(C)c(C(=O)c3ccc(Cl)cc3)n2C)cc1. The van der Waals surface area contributed by atoms with Crippen molar-refractivity contribution < 1.29 is 22.7 Å². The van der Waals surface area contributed by atoms with E-state index in [0.717, 1.165) is 16.8 Å². The summed E-state index contributed by atoms with van der Waals surface area (Å²) in [4.78, 5) is 24.2. The first kappa shape index (κ1) is 24.5. The van der Waals surface area contributed by atoms with Crippen LogP contribution in [0.15, 0.2) is 54.6 Å². The Labute approximate surface area is 198 Å². The Morgan fingerprint density at radius 1 is 1.06 bits per heavy atom. The Morgan fingerprint density at radius 2 is 1.70 bits per heavy atom. The molecular formula is C24H25ClN2O5S. The van der Waals surface area contributed by atoms with Crippen LogP contribution in [0.5, 0.6) is 0 Å². The Bertz CT molecular complexity index is 1260. The van der Waals surface area contributed by atoms with Crippen LogP contribution in [-0.2, 0) is 33.0 Å². The molecule has 174 valence electrons. The number of anilines is 1. The van der Waals surface area contributed by atoms with Crippen LogP contribution in [-0.4, -0.2) is 37.6 Å². The molecule has 33 heavy (non-hydrogen) atoms. The maximum atomic E-state index is 13.0. The van der Waals surface area contributed by atoms with Crippen LogP contribution in [0.2, 0.25) is 5.02 Å². The van der Waals surface area contributed by atoms with Crippen LogP contribution >= 0.6 is 11.6 Å². The zero-order chi connectivity index (χ0) is 24.2. The van der Waals surface area contributed by atoms with Crippen LogP contribution in [0.25, 0.3) is 0 Å². The molecule has 1 aromatic heterocycles. The number of nitrogens with one attached hydrogen (secondary N) is 1. The summed E-state index contributed by atoms with van der Waals surface area (Å²) in [7, 11) is -0.589. The van der Waals surface area contributed by atoms with Crippen molar-refractivity contribution >= 4 is 39.1 Å². The summed E-state index contributed by atoms with van der Waals surface area (Å²) < 4.78 is 33.1. The quantitative estimate of drug-likeness (QED) is 0.361. The van der Waals surface area contributed by atoms with Gasteiger partial charge in [-0.05, 0) is 60.5 Å². The van der Waals surface area contributed by atoms with E-state index in [4.69, 9.17) is 11.6 Å². The molecule has 0 saturated carbocycles. The van der Waals surface area contributed by atoms with Gasteiger partial charge in [-0.2, -0.15) is 0 Å². The van der Waals surface area contributed by atoms with Gasteiger partial charge in [0.05, 0.1) is 25.0 Å². The lowest BCUT2D eigenvalue weighted by atomic mass is 10.1. The minimum atomic E-state index is -3.66. The molecule has 0 aliphatic heterocycles. The van der Waals surface area contributed by atoms with Gasteiger partial charge in [-0.3, -0.25) is 14.3 Å². The number of hydrogen-bond acceptors (Lipinski definition) is 5. The zero-order valence-electron chi connectivity index (χ0n) is 18.6. The van der Waals surface area contributed by atoms with Crippen molar-refractivity contribution in [3.05, 3.63) is 87.7 Å². The lowest BCUT2D eigenvalue weighted by Crippen LogP contribution is -2.19. The van der Waals surface area contributed by atoms with Gasteiger partial charge in [0.2, 0.25) is 15.8 Å². The van der Waals surface area contributed by atoms with Gasteiger partial charge < -0.3 is 9.30 Å². The number of nitrogens with zero attached hydrogens (tertiary/aromatic N) is 1. The summed E-state index contributed by atoms with van der Waals surface area (Å²) in [6, 6.07) is 15.8. The number of aromatic nitrogens is 1. The van der Waals surface area contributed by atoms with Crippen molar-refractivity contribution in [1.29, 1.82) is 0 Å². The van der Waals surface area contributed by atoms with E-state index in [1.54, 1.807) is 36.4 Å². The van der Waals surface area contributed by atoms with Gasteiger partial charge in [0, 0.05) is 35.4 Å². The average Bonchev–Trinajstić information content (AvgIpc) is 3.06. The smallest absolute Gasteiger partial charge is 0.306 e. The molecule has 0 atom stereocenters. The Hall–Kier alpha value is -3.10. The summed E-state index contributed by atoms with van der Waals surface area (Å²) >= 11 is 5.93. The normalized spacial score (nSPS) is 11.3. The first-order valence-corrected chi connectivity index (χ1v) is 12.2. The van der Waals surface area contributed by atoms with Crippen molar-refractivity contribution in [3.63, 3.8) is 0 Å². The molecule has 2 aromatic carbocycles. The zero-order valence-corrected chi connectivity index (χ0v) is 20.2. The van der Waals surface area contributed by atoms with Crippen molar-refractivity contribution in [2.45, 2.75) is 19.8 Å². The first-order chi connectivity index (χ1) is 15.6. The lowest BCUT2D eigenvalue weighted by Gasteiger charge is -2.10. The summed E-state index contributed by atoms with van der Waals surface area (Å²) in [5, 5.41) is 0.574. The van der Waals surface area contributed by atoms with Crippen LogP contribution in [0, 0.1) is 6.92 Å². The highest BCUT2D eigenvalue weighted by molar-refractivity contribution is 7.92. The van der Waals surface area contributed by atoms with Crippen LogP contribution < -0.4 is 4.72 Å². The highest BCUT2D eigenvalue weighted by Crippen LogP contribution is 2.22. The Balaban J connectivity index is 1.71. The van der Waals surface area contributed by atoms with E-state index < -0.39 is 16.0 Å². The second-order valence-electron chi connectivity index (χ2n) is 7.68. The summed E-state index contributed by atoms with van der Waals surface area (Å²) in [6.45, 7) is 1.90. The number of sulfonamides is 1. The molecule has 0 radical (unpaired) electrons. The monoisotopic (exact) mass is 488 g/mol. The summed E-state index contributed by atoms with van der Waals surface area (Å²) in [5.74, 6) is -1.01. The number of benzene rings is 2. The number of aryl methyl sites for hydroxylation is 1. The maximum Gasteiger partial charge on any atom is 0.306 e. The maximum absolute atomic E-state index is 13.0. The van der Waals surface area contributed by atoms with Gasteiger partial charge in [0.25, 0.3) is 0 Å². The first-order valence-electron chi connectivity index (χ1n) is 10.2. The highest BCUT2D eigenvalue weighted by atomic mass is 35.5. The van der Waals surface area contributed by atoms with E-state index >= 15 is 0 Å². The molecule has 1 heterocycles. The molecular weight excluding hydrogens is 464 g/mol. The minimum absolute atomic E-state index is 0.0744. The number of ketones is 1. The van der Waals surface area contributed by atoms with Crippen molar-refractivity contribution in [3.8, 4) is 0 Å². The number of carbonyl (C=O) groups excluding carboxylic acids is 2. The molecule has 0 spiro atoms. The number of esters is 1. The number of carbonyl (C=O) groups is 2. The second kappa shape index (κ2) is 10.2. The number of rotatable bonds is 9. The number of halogens is 1. The number of hydrogen-bond donors (Lipinski definition) is 1. The standard InChI is InChI=1S/C24H25ClN2O5S/c1-16-14-21(27(2)23(16)24(29)18-6-8-19(25)9-7-18)15-17-4-10-20(11-5-17)26-33(30,31)13-12-22(28)32-3/h4-11,14,26H,12-13,15H2,1-3H3. The Morgan fingerprint density at radius 3 is 2.30 bits per heavy atom. The molecule has 3 rings (SSSR count). The van der Waals surface area contributed by atoms with Gasteiger partial charge in [-0.25, -0.2) is 8.42 Å². The third-order valence-electron chi connectivity index (χ3n) is 5.26. The average molecular weight is 489 g/mol. The lowest BCUT2D eigenvalue weighted by molar-refractivity contribution is -0.140. The number of methoxy groups -OCH3 is 1. The second-order valence-corrected chi connectivity index (χ2v) is 9.96. The van der Waals surface area contributed by atoms with E-state index in [-0.39, 0.29) is 18.0 Å². The largest absolute Gasteiger partial charge is 0.469 e. The Kier molecular flexibility index (Phi) is 7.61. The van der Waals surface area contributed by atoms with Crippen LogP contribution in [0.4, 0.5) is 5.69 Å². The molecule has 1 N–H and O–H groups in total. The van der Waals surface area contributed by atoms with Gasteiger partial charge in [-0.15, -0.1) is 0 Å². The molecule has 0 aliphatic carbocycles. The molecule has 9 heteroatoms. The highest BCUT2D eigenvalue weighted by Gasteiger charge is 2.19. The van der Waals surface area contributed by atoms with Crippen molar-refractivity contribution in [1.82, 2.24) is 4.57 Å². The van der Waals surface area contributed by atoms with Gasteiger partial charge in [-0.1, -0.05) is 23.7 Å². The van der Waals surface area contributed by atoms with E-state index in [0.29, 0.717) is 28.4 Å². The van der Waals surface area contributed by atoms with E-state index in [1.807, 2.05) is 36.7 Å². The molecule has 0 aliphatic rings. The third kappa shape index (κ3) is 6.24. The molecule has 0 amide bonds. The van der Waals surface area contributed by atoms with Crippen LogP contribution in [0.3, 0.4) is 0 Å². The molecule has 3 aromatic rings. The van der Waals surface area contributed by atoms with Gasteiger partial charge in [0.15, 0.2) is 0 Å². The topological polar surface area (TPSA) is 94.5 Å². The number of ether oxygens (including phenoxy) is 1. The minimum Gasteiger partial charge on any atom is -0.469 e. The fourth-order valence-electron chi connectivity index (χ4n) is 3.51. The molecule has 0 unspecified atom stereocenters. The summed E-state index contributed by atoms with van der Waals surface area (Å²) in [5.41, 5.74) is 4.38. The van der Waals surface area contributed by atoms with E-state index in [2.05, 4.69) is 9.46 Å². The summed E-state index contributed by atoms with van der Waals surface area (Å²) in [6.07, 6.45) is 0.356.